The van der Waals surface area contributed by atoms with Gasteiger partial charge in [0.25, 0.3) is 5.91 Å². The number of hydrogen-bond acceptors (Lipinski definition) is 5. The van der Waals surface area contributed by atoms with Crippen LogP contribution >= 0.6 is 35.6 Å². The maximum absolute atomic E-state index is 11.9. The fourth-order valence-corrected chi connectivity index (χ4v) is 3.71. The Labute approximate surface area is 172 Å². The lowest BCUT2D eigenvalue weighted by Crippen LogP contribution is -2.17. The smallest absolute Gasteiger partial charge is 0.263 e. The van der Waals surface area contributed by atoms with Crippen LogP contribution in [0.5, 0.6) is 11.5 Å². The Hall–Kier alpha value is -2.02. The molecule has 0 atom stereocenters. The molecule has 2 aromatic carbocycles. The fraction of sp³-hybridized carbons (Fsp3) is 0.200. The van der Waals surface area contributed by atoms with Crippen LogP contribution in [0.2, 0.25) is 5.02 Å². The number of hydrogen-bond donors (Lipinski definition) is 1. The second-order valence-electron chi connectivity index (χ2n) is 6.00. The predicted molar refractivity (Wildman–Crippen MR) is 115 cm³/mol. The molecule has 7 heteroatoms. The van der Waals surface area contributed by atoms with Crippen molar-refractivity contribution in [2.24, 2.45) is 0 Å². The maximum Gasteiger partial charge on any atom is 0.263 e. The number of rotatable bonds is 6. The summed E-state index contributed by atoms with van der Waals surface area (Å²) in [4.78, 5) is 12.4. The van der Waals surface area contributed by atoms with Gasteiger partial charge in [0.2, 0.25) is 0 Å². The van der Waals surface area contributed by atoms with Gasteiger partial charge in [-0.15, -0.1) is 0 Å². The molecule has 1 amide bonds. The molecule has 140 valence electrons. The zero-order chi connectivity index (χ0) is 19.4. The predicted octanol–water partition coefficient (Wildman–Crippen LogP) is 4.90. The molecule has 3 rings (SSSR count). The van der Waals surface area contributed by atoms with Crippen LogP contribution < -0.4 is 14.8 Å². The average molecular weight is 420 g/mol. The summed E-state index contributed by atoms with van der Waals surface area (Å²) in [5, 5.41) is 3.16. The monoisotopic (exact) mass is 419 g/mol. The summed E-state index contributed by atoms with van der Waals surface area (Å²) in [5.41, 5.74) is 2.95. The molecule has 1 aliphatic heterocycles. The van der Waals surface area contributed by atoms with Crippen molar-refractivity contribution in [3.8, 4) is 11.5 Å². The molecule has 1 fully saturated rings. The van der Waals surface area contributed by atoms with Crippen LogP contribution in [0, 0.1) is 13.8 Å². The molecule has 0 aliphatic carbocycles. The minimum Gasteiger partial charge on any atom is -0.490 e. The number of aryl methyl sites for hydroxylation is 2. The van der Waals surface area contributed by atoms with E-state index in [9.17, 15) is 4.79 Å². The van der Waals surface area contributed by atoms with Crippen molar-refractivity contribution in [3.63, 3.8) is 0 Å². The van der Waals surface area contributed by atoms with Crippen LogP contribution in [0.25, 0.3) is 6.08 Å². The number of carbonyl (C=O) groups excluding carboxylic acids is 1. The normalized spacial score (nSPS) is 15.1. The first kappa shape index (κ1) is 19.7. The molecule has 1 N–H and O–H groups in total. The minimum atomic E-state index is -0.214. The minimum absolute atomic E-state index is 0.214. The molecule has 0 saturated carbocycles. The highest BCUT2D eigenvalue weighted by Gasteiger charge is 2.22. The van der Waals surface area contributed by atoms with Crippen LogP contribution in [0.15, 0.2) is 41.3 Å². The maximum atomic E-state index is 11.9. The number of amides is 1. The second kappa shape index (κ2) is 8.78. The van der Waals surface area contributed by atoms with Gasteiger partial charge in [0.15, 0.2) is 0 Å². The summed E-state index contributed by atoms with van der Waals surface area (Å²) in [6, 6.07) is 11.4. The third-order valence-electron chi connectivity index (χ3n) is 3.84. The van der Waals surface area contributed by atoms with Gasteiger partial charge in [-0.1, -0.05) is 47.7 Å². The number of thioether (sulfide) groups is 1. The summed E-state index contributed by atoms with van der Waals surface area (Å²) in [7, 11) is 0. The number of thiocarbonyl (C=S) groups is 1. The van der Waals surface area contributed by atoms with E-state index in [2.05, 4.69) is 11.4 Å². The third-order valence-corrected chi connectivity index (χ3v) is 5.24. The van der Waals surface area contributed by atoms with Crippen molar-refractivity contribution in [1.29, 1.82) is 0 Å². The van der Waals surface area contributed by atoms with Gasteiger partial charge >= 0.3 is 0 Å². The third kappa shape index (κ3) is 5.25. The van der Waals surface area contributed by atoms with Gasteiger partial charge in [0, 0.05) is 10.6 Å². The molecule has 0 spiro atoms. The summed E-state index contributed by atoms with van der Waals surface area (Å²) < 4.78 is 12.1. The highest BCUT2D eigenvalue weighted by molar-refractivity contribution is 8.26. The van der Waals surface area contributed by atoms with E-state index in [0.717, 1.165) is 22.4 Å². The van der Waals surface area contributed by atoms with Crippen LogP contribution in [-0.4, -0.2) is 23.4 Å². The van der Waals surface area contributed by atoms with Crippen molar-refractivity contribution < 1.29 is 14.3 Å². The Kier molecular flexibility index (Phi) is 6.42. The Morgan fingerprint density at radius 2 is 1.85 bits per heavy atom. The number of benzene rings is 2. The molecule has 1 heterocycles. The summed E-state index contributed by atoms with van der Waals surface area (Å²) in [5.74, 6) is 1.27. The van der Waals surface area contributed by atoms with E-state index in [0.29, 0.717) is 33.2 Å². The van der Waals surface area contributed by atoms with Crippen LogP contribution in [-0.2, 0) is 4.79 Å². The van der Waals surface area contributed by atoms with Gasteiger partial charge in [-0.25, -0.2) is 0 Å². The lowest BCUT2D eigenvalue weighted by atomic mass is 10.1. The Morgan fingerprint density at radius 1 is 1.11 bits per heavy atom. The van der Waals surface area contributed by atoms with Crippen molar-refractivity contribution in [1.82, 2.24) is 5.32 Å². The van der Waals surface area contributed by atoms with Crippen molar-refractivity contribution in [3.05, 3.63) is 63.0 Å². The van der Waals surface area contributed by atoms with E-state index < -0.39 is 0 Å². The molecule has 0 aromatic heterocycles. The van der Waals surface area contributed by atoms with Gasteiger partial charge in [-0.3, -0.25) is 4.79 Å². The van der Waals surface area contributed by atoms with Crippen molar-refractivity contribution >= 4 is 51.9 Å². The van der Waals surface area contributed by atoms with E-state index in [1.54, 1.807) is 24.3 Å². The lowest BCUT2D eigenvalue weighted by Gasteiger charge is -2.13. The van der Waals surface area contributed by atoms with E-state index in [4.69, 9.17) is 33.3 Å². The Balaban J connectivity index is 1.67. The van der Waals surface area contributed by atoms with E-state index in [1.807, 2.05) is 26.0 Å². The Morgan fingerprint density at radius 3 is 2.56 bits per heavy atom. The SMILES string of the molecule is Cc1ccc(C)c(OCCOc2ccc(Cl)cc2/C=C2/SC(=S)NC2=O)c1. The van der Waals surface area contributed by atoms with Gasteiger partial charge in [-0.2, -0.15) is 0 Å². The molecular formula is C20H18ClNO3S2. The van der Waals surface area contributed by atoms with E-state index in [1.165, 1.54) is 11.8 Å². The zero-order valence-electron chi connectivity index (χ0n) is 14.9. The number of carbonyl (C=O) groups is 1. The quantitative estimate of drug-likeness (QED) is 0.410. The van der Waals surface area contributed by atoms with Crippen molar-refractivity contribution in [2.75, 3.05) is 13.2 Å². The zero-order valence-corrected chi connectivity index (χ0v) is 17.3. The number of nitrogens with one attached hydrogen (secondary N) is 1. The van der Waals surface area contributed by atoms with Crippen molar-refractivity contribution in [2.45, 2.75) is 13.8 Å². The lowest BCUT2D eigenvalue weighted by molar-refractivity contribution is -0.115. The first-order valence-electron chi connectivity index (χ1n) is 8.29. The van der Waals surface area contributed by atoms with E-state index >= 15 is 0 Å². The molecule has 0 bridgehead atoms. The molecule has 27 heavy (non-hydrogen) atoms. The molecule has 4 nitrogen and oxygen atoms in total. The first-order valence-corrected chi connectivity index (χ1v) is 9.90. The van der Waals surface area contributed by atoms with Gasteiger partial charge in [0.1, 0.15) is 29.0 Å². The second-order valence-corrected chi connectivity index (χ2v) is 8.16. The molecule has 0 radical (unpaired) electrons. The largest absolute Gasteiger partial charge is 0.490 e. The molecule has 1 aliphatic rings. The molecular weight excluding hydrogens is 402 g/mol. The number of ether oxygens (including phenoxy) is 2. The highest BCUT2D eigenvalue weighted by Crippen LogP contribution is 2.31. The number of halogens is 1. The molecule has 0 unspecified atom stereocenters. The van der Waals surface area contributed by atoms with E-state index in [-0.39, 0.29) is 5.91 Å². The fourth-order valence-electron chi connectivity index (χ4n) is 2.49. The van der Waals surface area contributed by atoms with Crippen LogP contribution in [0.3, 0.4) is 0 Å². The van der Waals surface area contributed by atoms with Gasteiger partial charge < -0.3 is 14.8 Å². The van der Waals surface area contributed by atoms with Crippen LogP contribution in [0.4, 0.5) is 0 Å². The summed E-state index contributed by atoms with van der Waals surface area (Å²) in [6.45, 7) is 4.80. The Bertz CT molecular complexity index is 927. The van der Waals surface area contributed by atoms with Crippen LogP contribution in [0.1, 0.15) is 16.7 Å². The highest BCUT2D eigenvalue weighted by atomic mass is 35.5. The summed E-state index contributed by atoms with van der Waals surface area (Å²) in [6.07, 6.45) is 1.73. The topological polar surface area (TPSA) is 47.6 Å². The standard InChI is InChI=1S/C20H18ClNO3S2/c1-12-3-4-13(2)17(9-12)25-8-7-24-16-6-5-15(21)10-14(16)11-18-19(23)22-20(26)27-18/h3-6,9-11H,7-8H2,1-2H3,(H,22,23,26)/b18-11+. The average Bonchev–Trinajstić information content (AvgIpc) is 2.93. The first-order chi connectivity index (χ1) is 12.9. The molecule has 2 aromatic rings. The molecule has 1 saturated heterocycles. The summed E-state index contributed by atoms with van der Waals surface area (Å²) >= 11 is 12.3. The van der Waals surface area contributed by atoms with Gasteiger partial charge in [-0.05, 0) is 55.3 Å². The van der Waals surface area contributed by atoms with Gasteiger partial charge in [0.05, 0.1) is 4.91 Å².